The molecule has 0 aliphatic rings. The molecule has 0 aromatic heterocycles. The van der Waals surface area contributed by atoms with Crippen LogP contribution >= 0.6 is 39.1 Å². The molecule has 1 unspecified atom stereocenters. The summed E-state index contributed by atoms with van der Waals surface area (Å²) in [5.74, 6) is 0. The highest BCUT2D eigenvalue weighted by atomic mass is 79.9. The number of nitrogens with one attached hydrogen (secondary N) is 1. The molecule has 1 atom stereocenters. The van der Waals surface area contributed by atoms with E-state index >= 15 is 0 Å². The predicted molar refractivity (Wildman–Crippen MR) is 90.7 cm³/mol. The van der Waals surface area contributed by atoms with Crippen LogP contribution in [0.3, 0.4) is 0 Å². The van der Waals surface area contributed by atoms with E-state index in [0.717, 1.165) is 38.6 Å². The van der Waals surface area contributed by atoms with Gasteiger partial charge in [0, 0.05) is 14.5 Å². The van der Waals surface area contributed by atoms with Crippen LogP contribution in [0.25, 0.3) is 0 Å². The van der Waals surface area contributed by atoms with Crippen LogP contribution < -0.4 is 5.32 Å². The van der Waals surface area contributed by atoms with Gasteiger partial charge in [-0.2, -0.15) is 0 Å². The molecule has 0 fully saturated rings. The molecule has 2 aromatic rings. The summed E-state index contributed by atoms with van der Waals surface area (Å²) >= 11 is 16.1. The maximum absolute atomic E-state index is 6.35. The van der Waals surface area contributed by atoms with Gasteiger partial charge in [-0.25, -0.2) is 0 Å². The standard InChI is InChI=1S/C16H16BrCl2N/c1-2-9-20-16(12-5-3-4-6-15(12)19)13-10-11(18)7-8-14(13)17/h3-8,10,16,20H,2,9H2,1H3. The van der Waals surface area contributed by atoms with Gasteiger partial charge in [0.2, 0.25) is 0 Å². The molecule has 0 aliphatic carbocycles. The van der Waals surface area contributed by atoms with Crippen LogP contribution in [0.15, 0.2) is 46.9 Å². The lowest BCUT2D eigenvalue weighted by atomic mass is 9.98. The fourth-order valence-corrected chi connectivity index (χ4v) is 3.02. The van der Waals surface area contributed by atoms with E-state index in [1.807, 2.05) is 42.5 Å². The molecule has 20 heavy (non-hydrogen) atoms. The molecule has 0 bridgehead atoms. The Labute approximate surface area is 138 Å². The number of rotatable bonds is 5. The molecular formula is C16H16BrCl2N. The fraction of sp³-hybridized carbons (Fsp3) is 0.250. The van der Waals surface area contributed by atoms with Gasteiger partial charge in [0.15, 0.2) is 0 Å². The summed E-state index contributed by atoms with van der Waals surface area (Å²) < 4.78 is 1.02. The minimum atomic E-state index is 0.0247. The first-order chi connectivity index (χ1) is 9.63. The van der Waals surface area contributed by atoms with Crippen LogP contribution in [0.4, 0.5) is 0 Å². The Bertz CT molecular complexity index is 586. The quantitative estimate of drug-likeness (QED) is 0.694. The lowest BCUT2D eigenvalue weighted by Crippen LogP contribution is -2.23. The zero-order valence-corrected chi connectivity index (χ0v) is 14.3. The Morgan fingerprint density at radius 1 is 1.10 bits per heavy atom. The van der Waals surface area contributed by atoms with Gasteiger partial charge in [-0.15, -0.1) is 0 Å². The van der Waals surface area contributed by atoms with Gasteiger partial charge in [-0.3, -0.25) is 0 Å². The molecule has 0 spiro atoms. The SMILES string of the molecule is CCCNC(c1ccccc1Cl)c1cc(Cl)ccc1Br. The summed E-state index contributed by atoms with van der Waals surface area (Å²) in [6.07, 6.45) is 1.05. The number of hydrogen-bond acceptors (Lipinski definition) is 1. The van der Waals surface area contributed by atoms with Crippen molar-refractivity contribution in [1.82, 2.24) is 5.32 Å². The first-order valence-corrected chi connectivity index (χ1v) is 8.11. The summed E-state index contributed by atoms with van der Waals surface area (Å²) in [5.41, 5.74) is 2.16. The maximum Gasteiger partial charge on any atom is 0.0603 e. The molecule has 2 rings (SSSR count). The van der Waals surface area contributed by atoms with E-state index in [9.17, 15) is 0 Å². The fourth-order valence-electron chi connectivity index (χ4n) is 2.12. The smallest absolute Gasteiger partial charge is 0.0603 e. The van der Waals surface area contributed by atoms with Gasteiger partial charge in [-0.05, 0) is 48.4 Å². The van der Waals surface area contributed by atoms with Crippen molar-refractivity contribution >= 4 is 39.1 Å². The summed E-state index contributed by atoms with van der Waals surface area (Å²) in [7, 11) is 0. The van der Waals surface area contributed by atoms with E-state index in [-0.39, 0.29) is 6.04 Å². The zero-order chi connectivity index (χ0) is 14.5. The van der Waals surface area contributed by atoms with Gasteiger partial charge in [0.05, 0.1) is 6.04 Å². The first-order valence-electron chi connectivity index (χ1n) is 6.56. The van der Waals surface area contributed by atoms with Crippen molar-refractivity contribution in [2.75, 3.05) is 6.54 Å². The lowest BCUT2D eigenvalue weighted by molar-refractivity contribution is 0.597. The van der Waals surface area contributed by atoms with Gasteiger partial charge in [0.1, 0.15) is 0 Å². The van der Waals surface area contributed by atoms with Gasteiger partial charge in [0.25, 0.3) is 0 Å². The highest BCUT2D eigenvalue weighted by molar-refractivity contribution is 9.10. The van der Waals surface area contributed by atoms with Gasteiger partial charge < -0.3 is 5.32 Å². The molecule has 2 aromatic carbocycles. The molecule has 4 heteroatoms. The summed E-state index contributed by atoms with van der Waals surface area (Å²) in [5, 5.41) is 5.02. The third kappa shape index (κ3) is 3.76. The molecule has 0 saturated heterocycles. The Balaban J connectivity index is 2.47. The zero-order valence-electron chi connectivity index (χ0n) is 11.2. The molecule has 0 saturated carbocycles. The highest BCUT2D eigenvalue weighted by Crippen LogP contribution is 2.34. The minimum absolute atomic E-state index is 0.0247. The van der Waals surface area contributed by atoms with E-state index in [0.29, 0.717) is 0 Å². The van der Waals surface area contributed by atoms with E-state index in [4.69, 9.17) is 23.2 Å². The van der Waals surface area contributed by atoms with Crippen molar-refractivity contribution in [3.05, 3.63) is 68.1 Å². The van der Waals surface area contributed by atoms with E-state index in [1.165, 1.54) is 0 Å². The highest BCUT2D eigenvalue weighted by Gasteiger charge is 2.18. The van der Waals surface area contributed by atoms with Gasteiger partial charge >= 0.3 is 0 Å². The van der Waals surface area contributed by atoms with Crippen LogP contribution in [-0.2, 0) is 0 Å². The average Bonchev–Trinajstić information content (AvgIpc) is 2.44. The molecular weight excluding hydrogens is 357 g/mol. The van der Waals surface area contributed by atoms with Crippen LogP contribution in [0.2, 0.25) is 10.0 Å². The maximum atomic E-state index is 6.35. The molecule has 0 amide bonds. The van der Waals surface area contributed by atoms with Crippen molar-refractivity contribution < 1.29 is 0 Å². The number of benzene rings is 2. The first kappa shape index (κ1) is 15.8. The molecule has 1 nitrogen and oxygen atoms in total. The van der Waals surface area contributed by atoms with Gasteiger partial charge in [-0.1, -0.05) is 64.3 Å². The lowest BCUT2D eigenvalue weighted by Gasteiger charge is -2.22. The molecule has 0 heterocycles. The second-order valence-corrected chi connectivity index (χ2v) is 6.27. The number of halogens is 3. The Kier molecular flexibility index (Phi) is 5.91. The van der Waals surface area contributed by atoms with E-state index < -0.39 is 0 Å². The third-order valence-electron chi connectivity index (χ3n) is 3.08. The Morgan fingerprint density at radius 2 is 1.85 bits per heavy atom. The molecule has 1 N–H and O–H groups in total. The molecule has 0 aliphatic heterocycles. The van der Waals surface area contributed by atoms with Crippen molar-refractivity contribution in [3.8, 4) is 0 Å². The van der Waals surface area contributed by atoms with Crippen LogP contribution in [0.5, 0.6) is 0 Å². The number of hydrogen-bond donors (Lipinski definition) is 1. The van der Waals surface area contributed by atoms with Crippen molar-refractivity contribution in [3.63, 3.8) is 0 Å². The second-order valence-electron chi connectivity index (χ2n) is 4.57. The predicted octanol–water partition coefficient (Wildman–Crippen LogP) is 5.84. The van der Waals surface area contributed by atoms with E-state index in [2.05, 4.69) is 28.2 Å². The van der Waals surface area contributed by atoms with Crippen LogP contribution in [0, 0.1) is 0 Å². The third-order valence-corrected chi connectivity index (χ3v) is 4.39. The summed E-state index contributed by atoms with van der Waals surface area (Å²) in [6, 6.07) is 13.7. The van der Waals surface area contributed by atoms with Crippen LogP contribution in [-0.4, -0.2) is 6.54 Å². The summed E-state index contributed by atoms with van der Waals surface area (Å²) in [4.78, 5) is 0. The molecule has 106 valence electrons. The average molecular weight is 373 g/mol. The topological polar surface area (TPSA) is 12.0 Å². The van der Waals surface area contributed by atoms with Crippen molar-refractivity contribution in [2.45, 2.75) is 19.4 Å². The normalized spacial score (nSPS) is 12.4. The van der Waals surface area contributed by atoms with Crippen molar-refractivity contribution in [2.24, 2.45) is 0 Å². The van der Waals surface area contributed by atoms with Crippen LogP contribution in [0.1, 0.15) is 30.5 Å². The van der Waals surface area contributed by atoms with E-state index in [1.54, 1.807) is 0 Å². The largest absolute Gasteiger partial charge is 0.306 e. The molecule has 0 radical (unpaired) electrons. The Hall–Kier alpha value is -0.540. The monoisotopic (exact) mass is 371 g/mol. The Morgan fingerprint density at radius 3 is 2.55 bits per heavy atom. The minimum Gasteiger partial charge on any atom is -0.306 e. The second kappa shape index (κ2) is 7.46. The summed E-state index contributed by atoms with van der Waals surface area (Å²) in [6.45, 7) is 3.05. The van der Waals surface area contributed by atoms with Crippen molar-refractivity contribution in [1.29, 1.82) is 0 Å².